The van der Waals surface area contributed by atoms with Crippen LogP contribution in [0, 0.1) is 0 Å². The van der Waals surface area contributed by atoms with Crippen molar-refractivity contribution in [2.45, 2.75) is 33.6 Å². The van der Waals surface area contributed by atoms with Crippen molar-refractivity contribution in [3.05, 3.63) is 0 Å². The normalized spacial score (nSPS) is 11.4. The van der Waals surface area contributed by atoms with Crippen LogP contribution in [0.1, 0.15) is 33.6 Å². The van der Waals surface area contributed by atoms with Gasteiger partial charge in [0.15, 0.2) is 0 Å². The van der Waals surface area contributed by atoms with E-state index in [0.717, 1.165) is 0 Å². The van der Waals surface area contributed by atoms with Gasteiger partial charge in [0.05, 0.1) is 13.2 Å². The number of hydrogen-bond acceptors (Lipinski definition) is 6. The second-order valence-corrected chi connectivity index (χ2v) is 4.12. The molecule has 15 heavy (non-hydrogen) atoms. The van der Waals surface area contributed by atoms with Crippen LogP contribution in [0.15, 0.2) is 0 Å². The summed E-state index contributed by atoms with van der Waals surface area (Å²) in [6, 6.07) is 0. The highest BCUT2D eigenvalue weighted by Crippen LogP contribution is 2.49. The molecule has 0 aliphatic heterocycles. The summed E-state index contributed by atoms with van der Waals surface area (Å²) < 4.78 is 25.4. The smallest absolute Gasteiger partial charge is 0.288 e. The van der Waals surface area contributed by atoms with Crippen molar-refractivity contribution in [1.82, 2.24) is 0 Å². The molecule has 90 valence electrons. The van der Waals surface area contributed by atoms with Crippen LogP contribution >= 0.6 is 7.82 Å². The van der Waals surface area contributed by atoms with E-state index in [2.05, 4.69) is 9.56 Å². The van der Waals surface area contributed by atoms with Crippen molar-refractivity contribution in [3.8, 4) is 0 Å². The zero-order valence-corrected chi connectivity index (χ0v) is 10.1. The van der Waals surface area contributed by atoms with Gasteiger partial charge in [-0.2, -0.15) is 0 Å². The van der Waals surface area contributed by atoms with Crippen LogP contribution in [0.25, 0.3) is 0 Å². The van der Waals surface area contributed by atoms with Gasteiger partial charge in [-0.1, -0.05) is 11.6 Å². The van der Waals surface area contributed by atoms with E-state index >= 15 is 0 Å². The van der Waals surface area contributed by atoms with Crippen LogP contribution < -0.4 is 0 Å². The van der Waals surface area contributed by atoms with E-state index < -0.39 is 13.8 Å². The van der Waals surface area contributed by atoms with Crippen LogP contribution in [0.5, 0.6) is 0 Å². The summed E-state index contributed by atoms with van der Waals surface area (Å²) in [6.07, 6.45) is 0.814. The lowest BCUT2D eigenvalue weighted by molar-refractivity contribution is -0.225. The quantitative estimate of drug-likeness (QED) is 0.368. The maximum absolute atomic E-state index is 11.6. The van der Waals surface area contributed by atoms with Crippen molar-refractivity contribution < 1.29 is 28.0 Å². The van der Waals surface area contributed by atoms with Crippen LogP contribution in [-0.2, 0) is 28.0 Å². The zero-order valence-electron chi connectivity index (χ0n) is 9.23. The molecular formula is C8H17O6P. The zero-order chi connectivity index (χ0) is 11.7. The fourth-order valence-electron chi connectivity index (χ4n) is 0.730. The molecule has 6 nitrogen and oxygen atoms in total. The molecule has 0 aliphatic rings. The first kappa shape index (κ1) is 14.6. The minimum Gasteiger partial charge on any atom is -0.288 e. The summed E-state index contributed by atoms with van der Waals surface area (Å²) in [5.74, 6) is -0.600. The number of phosphoric acid groups is 1. The van der Waals surface area contributed by atoms with Gasteiger partial charge in [-0.15, -0.1) is 0 Å². The SMILES string of the molecule is CCCC(=O)OOP(=O)(OCC)OCC. The van der Waals surface area contributed by atoms with E-state index in [-0.39, 0.29) is 19.6 Å². The molecule has 7 heteroatoms. The minimum atomic E-state index is -3.74. The summed E-state index contributed by atoms with van der Waals surface area (Å²) in [7, 11) is -3.74. The van der Waals surface area contributed by atoms with E-state index in [0.29, 0.717) is 6.42 Å². The number of hydrogen-bond donors (Lipinski definition) is 0. The van der Waals surface area contributed by atoms with E-state index in [4.69, 9.17) is 9.05 Å². The molecule has 0 heterocycles. The van der Waals surface area contributed by atoms with Crippen molar-refractivity contribution in [1.29, 1.82) is 0 Å². The summed E-state index contributed by atoms with van der Waals surface area (Å²) in [5, 5.41) is 0. The fourth-order valence-corrected chi connectivity index (χ4v) is 1.70. The van der Waals surface area contributed by atoms with Crippen molar-refractivity contribution in [2.75, 3.05) is 13.2 Å². The van der Waals surface area contributed by atoms with Gasteiger partial charge < -0.3 is 0 Å². The third-order valence-corrected chi connectivity index (χ3v) is 2.66. The number of carbonyl (C=O) groups excluding carboxylic acids is 1. The van der Waals surface area contributed by atoms with Crippen LogP contribution in [0.4, 0.5) is 0 Å². The van der Waals surface area contributed by atoms with Gasteiger partial charge in [0, 0.05) is 6.42 Å². The maximum atomic E-state index is 11.6. The Balaban J connectivity index is 4.06. The highest BCUT2D eigenvalue weighted by Gasteiger charge is 2.28. The van der Waals surface area contributed by atoms with Crippen LogP contribution in [0.2, 0.25) is 0 Å². The Kier molecular flexibility index (Phi) is 7.60. The average Bonchev–Trinajstić information content (AvgIpc) is 2.16. The molecule has 0 aromatic rings. The molecule has 0 aromatic carbocycles. The van der Waals surface area contributed by atoms with Crippen LogP contribution in [0.3, 0.4) is 0 Å². The largest absolute Gasteiger partial charge is 0.511 e. The Morgan fingerprint density at radius 2 is 1.67 bits per heavy atom. The number of rotatable bonds is 8. The van der Waals surface area contributed by atoms with Crippen molar-refractivity contribution in [3.63, 3.8) is 0 Å². The van der Waals surface area contributed by atoms with Gasteiger partial charge in [0.25, 0.3) is 0 Å². The van der Waals surface area contributed by atoms with Gasteiger partial charge in [0.1, 0.15) is 0 Å². The molecule has 0 aromatic heterocycles. The average molecular weight is 240 g/mol. The number of carbonyl (C=O) groups is 1. The van der Waals surface area contributed by atoms with Gasteiger partial charge >= 0.3 is 13.8 Å². The summed E-state index contributed by atoms with van der Waals surface area (Å²) >= 11 is 0. The van der Waals surface area contributed by atoms with E-state index in [1.54, 1.807) is 13.8 Å². The molecule has 0 radical (unpaired) electrons. The predicted octanol–water partition coefficient (Wildman–Crippen LogP) is 2.44. The highest BCUT2D eigenvalue weighted by atomic mass is 31.2. The lowest BCUT2D eigenvalue weighted by Gasteiger charge is -2.13. The van der Waals surface area contributed by atoms with E-state index in [1.165, 1.54) is 0 Å². The lowest BCUT2D eigenvalue weighted by Crippen LogP contribution is -2.06. The first-order valence-electron chi connectivity index (χ1n) is 4.86. The lowest BCUT2D eigenvalue weighted by atomic mass is 10.3. The Morgan fingerprint density at radius 1 is 1.13 bits per heavy atom. The van der Waals surface area contributed by atoms with Crippen molar-refractivity contribution in [2.24, 2.45) is 0 Å². The minimum absolute atomic E-state index is 0.141. The highest BCUT2D eigenvalue weighted by molar-refractivity contribution is 7.48. The van der Waals surface area contributed by atoms with Gasteiger partial charge in [-0.3, -0.25) is 13.9 Å². The molecule has 0 rings (SSSR count). The third-order valence-electron chi connectivity index (χ3n) is 1.25. The monoisotopic (exact) mass is 240 g/mol. The molecule has 0 bridgehead atoms. The second-order valence-electron chi connectivity index (χ2n) is 2.56. The van der Waals surface area contributed by atoms with Crippen LogP contribution in [-0.4, -0.2) is 19.2 Å². The standard InChI is InChI=1S/C8H17O6P/c1-4-7-8(9)13-14-15(10,11-5-2)12-6-3/h4-7H2,1-3H3. The van der Waals surface area contributed by atoms with E-state index in [9.17, 15) is 9.36 Å². The topological polar surface area (TPSA) is 71.1 Å². The Hall–Kier alpha value is -0.420. The summed E-state index contributed by atoms with van der Waals surface area (Å²) in [5.41, 5.74) is 0. The Morgan fingerprint density at radius 3 is 2.07 bits per heavy atom. The number of phosphoric ester groups is 1. The maximum Gasteiger partial charge on any atom is 0.511 e. The molecule has 0 aliphatic carbocycles. The molecule has 0 atom stereocenters. The molecule has 0 spiro atoms. The first-order chi connectivity index (χ1) is 7.08. The molecule has 0 unspecified atom stereocenters. The van der Waals surface area contributed by atoms with Gasteiger partial charge in [-0.25, -0.2) is 9.36 Å². The third kappa shape index (κ3) is 6.62. The van der Waals surface area contributed by atoms with Gasteiger partial charge in [-0.05, 0) is 20.3 Å². The Bertz CT molecular complexity index is 219. The summed E-state index contributed by atoms with van der Waals surface area (Å²) in [6.45, 7) is 5.35. The molecule has 0 fully saturated rings. The predicted molar refractivity (Wildman–Crippen MR) is 52.9 cm³/mol. The molecule has 0 amide bonds. The second kappa shape index (κ2) is 7.82. The first-order valence-corrected chi connectivity index (χ1v) is 6.32. The molecule has 0 saturated heterocycles. The van der Waals surface area contributed by atoms with Gasteiger partial charge in [0.2, 0.25) is 0 Å². The Labute approximate surface area is 89.4 Å². The fraction of sp³-hybridized carbons (Fsp3) is 0.875. The van der Waals surface area contributed by atoms with E-state index in [1.807, 2.05) is 6.92 Å². The van der Waals surface area contributed by atoms with Crippen molar-refractivity contribution >= 4 is 13.8 Å². The summed E-state index contributed by atoms with van der Waals surface area (Å²) in [4.78, 5) is 15.2. The molecule has 0 N–H and O–H groups in total. The molecule has 0 saturated carbocycles. The molecular weight excluding hydrogens is 223 g/mol.